The lowest BCUT2D eigenvalue weighted by molar-refractivity contribution is 1.35. The number of anilines is 2. The Labute approximate surface area is 328 Å². The standard InChI is InChI=1S/C54H36BN/c1-3-14-37(15-4-1)39-18-11-19-40(32-39)41-20-12-21-42(33-41)43-22-13-23-44(34-43)46-29-31-54-50(36-46)48-25-8-10-27-52(48)55-51-26-9-7-24-47(51)49-35-45(28-30-53(49)56(54)55)38-16-5-2-6-17-38/h1-36H. The van der Waals surface area contributed by atoms with Gasteiger partial charge in [0.2, 0.25) is 0 Å². The van der Waals surface area contributed by atoms with Crippen LogP contribution in [0.25, 0.3) is 77.9 Å². The summed E-state index contributed by atoms with van der Waals surface area (Å²) in [4.78, 5) is 2.59. The molecule has 0 aliphatic carbocycles. The lowest BCUT2D eigenvalue weighted by Gasteiger charge is -2.43. The Morgan fingerprint density at radius 3 is 0.982 bits per heavy atom. The highest BCUT2D eigenvalue weighted by molar-refractivity contribution is 6.92. The molecule has 9 aromatic rings. The topological polar surface area (TPSA) is 3.24 Å². The normalized spacial score (nSPS) is 12.2. The number of nitrogens with zero attached hydrogens (tertiary/aromatic N) is 1. The van der Waals surface area contributed by atoms with Crippen molar-refractivity contribution in [1.29, 1.82) is 0 Å². The first-order valence-corrected chi connectivity index (χ1v) is 19.4. The summed E-state index contributed by atoms with van der Waals surface area (Å²) >= 11 is 0. The van der Waals surface area contributed by atoms with Gasteiger partial charge in [-0.05, 0) is 120 Å². The lowest BCUT2D eigenvalue weighted by Crippen LogP contribution is -2.59. The minimum Gasteiger partial charge on any atom is -0.376 e. The van der Waals surface area contributed by atoms with Crippen LogP contribution in [0.5, 0.6) is 0 Å². The van der Waals surface area contributed by atoms with Gasteiger partial charge in [-0.1, -0.05) is 176 Å². The van der Waals surface area contributed by atoms with Gasteiger partial charge >= 0.3 is 6.85 Å². The number of rotatable bonds is 5. The molecule has 260 valence electrons. The Kier molecular flexibility index (Phi) is 7.67. The molecular weight excluding hydrogens is 673 g/mol. The molecule has 9 aromatic carbocycles. The molecule has 0 N–H and O–H groups in total. The second-order valence-electron chi connectivity index (χ2n) is 14.9. The highest BCUT2D eigenvalue weighted by Gasteiger charge is 2.42. The van der Waals surface area contributed by atoms with Gasteiger partial charge in [0.05, 0.1) is 0 Å². The molecule has 2 heteroatoms. The van der Waals surface area contributed by atoms with E-state index in [1.165, 1.54) is 100 Å². The van der Waals surface area contributed by atoms with E-state index < -0.39 is 0 Å². The van der Waals surface area contributed by atoms with Gasteiger partial charge in [0.15, 0.2) is 0 Å². The average molecular weight is 710 g/mol. The Morgan fingerprint density at radius 2 is 0.554 bits per heavy atom. The predicted octanol–water partition coefficient (Wildman–Crippen LogP) is 12.9. The lowest BCUT2D eigenvalue weighted by atomic mass is 9.43. The zero-order valence-corrected chi connectivity index (χ0v) is 30.8. The maximum absolute atomic E-state index is 2.59. The second-order valence-corrected chi connectivity index (χ2v) is 14.9. The largest absolute Gasteiger partial charge is 0.376 e. The van der Waals surface area contributed by atoms with Gasteiger partial charge in [-0.25, -0.2) is 0 Å². The van der Waals surface area contributed by atoms with Crippen molar-refractivity contribution in [2.75, 3.05) is 4.81 Å². The summed E-state index contributed by atoms with van der Waals surface area (Å²) in [5.74, 6) is 0. The fourth-order valence-corrected chi connectivity index (χ4v) is 8.99. The molecule has 2 aliphatic rings. The van der Waals surface area contributed by atoms with Crippen molar-refractivity contribution in [2.45, 2.75) is 0 Å². The van der Waals surface area contributed by atoms with Gasteiger partial charge in [0.25, 0.3) is 0 Å². The first kappa shape index (κ1) is 32.3. The van der Waals surface area contributed by atoms with E-state index in [9.17, 15) is 0 Å². The van der Waals surface area contributed by atoms with Crippen molar-refractivity contribution in [3.63, 3.8) is 0 Å². The molecule has 2 heterocycles. The van der Waals surface area contributed by atoms with Crippen LogP contribution in [-0.4, -0.2) is 6.85 Å². The molecular formula is C54H36BN. The van der Waals surface area contributed by atoms with Gasteiger partial charge in [-0.2, -0.15) is 0 Å². The Hall–Kier alpha value is -7.16. The minimum atomic E-state index is 0.0832. The Bertz CT molecular complexity index is 2930. The molecule has 1 nitrogen and oxygen atoms in total. The number of hydrogen-bond donors (Lipinski definition) is 0. The molecule has 0 unspecified atom stereocenters. The van der Waals surface area contributed by atoms with Crippen LogP contribution in [0.3, 0.4) is 0 Å². The van der Waals surface area contributed by atoms with Crippen LogP contribution in [0.15, 0.2) is 218 Å². The van der Waals surface area contributed by atoms with E-state index in [4.69, 9.17) is 0 Å². The Balaban J connectivity index is 0.997. The minimum absolute atomic E-state index is 0.0832. The summed E-state index contributed by atoms with van der Waals surface area (Å²) in [5, 5.41) is 0. The number of benzene rings is 9. The molecule has 11 rings (SSSR count). The SMILES string of the molecule is c1ccc(-c2cccc(-c3cccc(-c4cccc(-c5ccc6c(c5)-c5ccccc5B5c7ccccc7-c7cc(-c8ccccc8)ccc7N56)c4)c3)c2)cc1. The van der Waals surface area contributed by atoms with Crippen LogP contribution in [0.1, 0.15) is 0 Å². The summed E-state index contributed by atoms with van der Waals surface area (Å²) in [5.41, 5.74) is 22.5. The van der Waals surface area contributed by atoms with E-state index in [0.717, 1.165) is 0 Å². The maximum Gasteiger partial charge on any atom is 0.329 e. The van der Waals surface area contributed by atoms with Crippen LogP contribution in [0.4, 0.5) is 11.4 Å². The fourth-order valence-electron chi connectivity index (χ4n) is 8.99. The van der Waals surface area contributed by atoms with Crippen molar-refractivity contribution in [3.8, 4) is 77.9 Å². The van der Waals surface area contributed by atoms with Crippen LogP contribution < -0.4 is 15.7 Å². The summed E-state index contributed by atoms with van der Waals surface area (Å²) < 4.78 is 0. The Morgan fingerprint density at radius 1 is 0.232 bits per heavy atom. The zero-order chi connectivity index (χ0) is 37.0. The van der Waals surface area contributed by atoms with Gasteiger partial charge < -0.3 is 4.81 Å². The van der Waals surface area contributed by atoms with Crippen LogP contribution in [0.2, 0.25) is 0 Å². The predicted molar refractivity (Wildman–Crippen MR) is 238 cm³/mol. The van der Waals surface area contributed by atoms with Crippen LogP contribution in [-0.2, 0) is 0 Å². The monoisotopic (exact) mass is 709 g/mol. The number of fused-ring (bicyclic) bond motifs is 11. The van der Waals surface area contributed by atoms with Gasteiger partial charge in [-0.15, -0.1) is 0 Å². The van der Waals surface area contributed by atoms with E-state index in [1.54, 1.807) is 0 Å². The first-order chi connectivity index (χ1) is 27.8. The molecule has 0 saturated carbocycles. The maximum atomic E-state index is 2.59. The van der Waals surface area contributed by atoms with Crippen molar-refractivity contribution in [3.05, 3.63) is 218 Å². The van der Waals surface area contributed by atoms with Crippen molar-refractivity contribution in [2.24, 2.45) is 0 Å². The number of hydrogen-bond acceptors (Lipinski definition) is 1. The van der Waals surface area contributed by atoms with Gasteiger partial charge in [-0.3, -0.25) is 0 Å². The van der Waals surface area contributed by atoms with Crippen LogP contribution >= 0.6 is 0 Å². The van der Waals surface area contributed by atoms with E-state index >= 15 is 0 Å². The molecule has 2 aliphatic heterocycles. The van der Waals surface area contributed by atoms with E-state index in [2.05, 4.69) is 223 Å². The first-order valence-electron chi connectivity index (χ1n) is 19.4. The second kappa shape index (κ2) is 13.3. The smallest absolute Gasteiger partial charge is 0.329 e. The fraction of sp³-hybridized carbons (Fsp3) is 0. The molecule has 0 bridgehead atoms. The zero-order valence-electron chi connectivity index (χ0n) is 30.8. The molecule has 0 aromatic heterocycles. The summed E-state index contributed by atoms with van der Waals surface area (Å²) in [6.07, 6.45) is 0. The van der Waals surface area contributed by atoms with Crippen molar-refractivity contribution in [1.82, 2.24) is 0 Å². The molecule has 0 atom stereocenters. The third-order valence-corrected chi connectivity index (χ3v) is 11.7. The highest BCUT2D eigenvalue weighted by atomic mass is 15.1. The quantitative estimate of drug-likeness (QED) is 0.161. The highest BCUT2D eigenvalue weighted by Crippen LogP contribution is 2.48. The third-order valence-electron chi connectivity index (χ3n) is 11.7. The van der Waals surface area contributed by atoms with E-state index in [0.29, 0.717) is 0 Å². The molecule has 0 saturated heterocycles. The van der Waals surface area contributed by atoms with E-state index in [1.807, 2.05) is 0 Å². The van der Waals surface area contributed by atoms with Gasteiger partial charge in [0.1, 0.15) is 0 Å². The molecule has 0 spiro atoms. The van der Waals surface area contributed by atoms with Crippen LogP contribution in [0, 0.1) is 0 Å². The molecule has 56 heavy (non-hydrogen) atoms. The average Bonchev–Trinajstić information content (AvgIpc) is 3.29. The summed E-state index contributed by atoms with van der Waals surface area (Å²) in [7, 11) is 0. The van der Waals surface area contributed by atoms with Crippen molar-refractivity contribution >= 4 is 29.1 Å². The molecule has 0 radical (unpaired) electrons. The molecule has 0 fully saturated rings. The van der Waals surface area contributed by atoms with Crippen molar-refractivity contribution < 1.29 is 0 Å². The summed E-state index contributed by atoms with van der Waals surface area (Å²) in [6.45, 7) is 0.0832. The molecule has 0 amide bonds. The summed E-state index contributed by atoms with van der Waals surface area (Å²) in [6, 6.07) is 80.2. The van der Waals surface area contributed by atoms with Gasteiger partial charge in [0, 0.05) is 22.5 Å². The third kappa shape index (κ3) is 5.41. The van der Waals surface area contributed by atoms with E-state index in [-0.39, 0.29) is 6.85 Å².